The van der Waals surface area contributed by atoms with Gasteiger partial charge in [-0.2, -0.15) is 0 Å². The summed E-state index contributed by atoms with van der Waals surface area (Å²) in [5, 5.41) is 3.33. The quantitative estimate of drug-likeness (QED) is 0.861. The van der Waals surface area contributed by atoms with Crippen LogP contribution in [0.25, 0.3) is 0 Å². The van der Waals surface area contributed by atoms with Crippen LogP contribution in [-0.2, 0) is 15.1 Å². The molecule has 1 atom stereocenters. The van der Waals surface area contributed by atoms with Crippen molar-refractivity contribution in [1.82, 2.24) is 5.32 Å². The van der Waals surface area contributed by atoms with Crippen LogP contribution in [0.2, 0.25) is 0 Å². The molecule has 2 rings (SSSR count). The lowest BCUT2D eigenvalue weighted by molar-refractivity contribution is -0.149. The number of ether oxygens (including phenoxy) is 1. The Labute approximate surface area is 119 Å². The second-order valence-corrected chi connectivity index (χ2v) is 5.58. The summed E-state index contributed by atoms with van der Waals surface area (Å²) in [6.45, 7) is 1.70. The molecule has 110 valence electrons. The first-order chi connectivity index (χ1) is 9.58. The molecule has 0 heterocycles. The molecule has 1 aromatic carbocycles. The maximum atomic E-state index is 14.1. The van der Waals surface area contributed by atoms with Gasteiger partial charge in [0.15, 0.2) is 0 Å². The maximum absolute atomic E-state index is 14.1. The van der Waals surface area contributed by atoms with Crippen molar-refractivity contribution < 1.29 is 13.9 Å². The van der Waals surface area contributed by atoms with Gasteiger partial charge >= 0.3 is 5.97 Å². The summed E-state index contributed by atoms with van der Waals surface area (Å²) in [4.78, 5) is 12.2. The Hall–Kier alpha value is -1.42. The molecule has 0 amide bonds. The standard InChI is InChI=1S/C16H22FNO2/c1-16(15(19)20-2,13-10-6-7-11-14(13)17)18-12-8-4-3-5-9-12/h6-7,10-12,18H,3-5,8-9H2,1-2H3. The van der Waals surface area contributed by atoms with Crippen LogP contribution in [0.4, 0.5) is 4.39 Å². The third-order valence-corrected chi connectivity index (χ3v) is 4.10. The van der Waals surface area contributed by atoms with Crippen LogP contribution in [0, 0.1) is 5.82 Å². The predicted molar refractivity (Wildman–Crippen MR) is 75.8 cm³/mol. The van der Waals surface area contributed by atoms with E-state index >= 15 is 0 Å². The van der Waals surface area contributed by atoms with Gasteiger partial charge in [0.05, 0.1) is 7.11 Å². The minimum atomic E-state index is -1.14. The van der Waals surface area contributed by atoms with Gasteiger partial charge in [0.2, 0.25) is 0 Å². The van der Waals surface area contributed by atoms with Gasteiger partial charge in [-0.15, -0.1) is 0 Å². The van der Waals surface area contributed by atoms with E-state index in [1.54, 1.807) is 25.1 Å². The van der Waals surface area contributed by atoms with Crippen molar-refractivity contribution in [3.05, 3.63) is 35.6 Å². The Morgan fingerprint density at radius 1 is 1.30 bits per heavy atom. The first-order valence-electron chi connectivity index (χ1n) is 7.19. The van der Waals surface area contributed by atoms with Crippen LogP contribution < -0.4 is 5.32 Å². The van der Waals surface area contributed by atoms with E-state index in [-0.39, 0.29) is 11.9 Å². The fraction of sp³-hybridized carbons (Fsp3) is 0.562. The van der Waals surface area contributed by atoms with E-state index in [9.17, 15) is 9.18 Å². The van der Waals surface area contributed by atoms with Crippen molar-refractivity contribution in [3.8, 4) is 0 Å². The molecule has 4 heteroatoms. The van der Waals surface area contributed by atoms with Gasteiger partial charge in [0.25, 0.3) is 0 Å². The Morgan fingerprint density at radius 2 is 1.95 bits per heavy atom. The van der Waals surface area contributed by atoms with Crippen molar-refractivity contribution >= 4 is 5.97 Å². The van der Waals surface area contributed by atoms with Crippen LogP contribution in [-0.4, -0.2) is 19.1 Å². The normalized spacial score (nSPS) is 19.4. The van der Waals surface area contributed by atoms with Gasteiger partial charge < -0.3 is 4.74 Å². The zero-order chi connectivity index (χ0) is 14.6. The topological polar surface area (TPSA) is 38.3 Å². The number of carbonyl (C=O) groups is 1. The highest BCUT2D eigenvalue weighted by Gasteiger charge is 2.40. The van der Waals surface area contributed by atoms with E-state index in [1.165, 1.54) is 19.6 Å². The third kappa shape index (κ3) is 3.01. The molecule has 0 aliphatic heterocycles. The highest BCUT2D eigenvalue weighted by atomic mass is 19.1. The molecule has 1 aromatic rings. The van der Waals surface area contributed by atoms with E-state index in [1.807, 2.05) is 0 Å². The van der Waals surface area contributed by atoms with Crippen molar-refractivity contribution in [2.75, 3.05) is 7.11 Å². The molecule has 1 fully saturated rings. The molecule has 3 nitrogen and oxygen atoms in total. The molecule has 1 aliphatic rings. The van der Waals surface area contributed by atoms with Crippen molar-refractivity contribution in [2.24, 2.45) is 0 Å². The summed E-state index contributed by atoms with van der Waals surface area (Å²) >= 11 is 0. The average Bonchev–Trinajstić information content (AvgIpc) is 2.47. The zero-order valence-corrected chi connectivity index (χ0v) is 12.1. The van der Waals surface area contributed by atoms with Crippen LogP contribution in [0.1, 0.15) is 44.6 Å². The molecular weight excluding hydrogens is 257 g/mol. The van der Waals surface area contributed by atoms with Gasteiger partial charge in [-0.05, 0) is 25.8 Å². The smallest absolute Gasteiger partial charge is 0.330 e. The molecule has 0 saturated heterocycles. The predicted octanol–water partition coefficient (Wildman–Crippen LogP) is 3.14. The fourth-order valence-corrected chi connectivity index (χ4v) is 2.97. The minimum absolute atomic E-state index is 0.229. The first-order valence-corrected chi connectivity index (χ1v) is 7.19. The summed E-state index contributed by atoms with van der Waals surface area (Å²) in [7, 11) is 1.34. The highest BCUT2D eigenvalue weighted by molar-refractivity contribution is 5.82. The monoisotopic (exact) mass is 279 g/mol. The fourth-order valence-electron chi connectivity index (χ4n) is 2.97. The molecule has 1 aliphatic carbocycles. The zero-order valence-electron chi connectivity index (χ0n) is 12.1. The largest absolute Gasteiger partial charge is 0.467 e. The molecule has 0 bridgehead atoms. The summed E-state index contributed by atoms with van der Waals surface area (Å²) in [5.74, 6) is -0.836. The van der Waals surface area contributed by atoms with Crippen LogP contribution in [0.3, 0.4) is 0 Å². The number of carbonyl (C=O) groups excluding carboxylic acids is 1. The van der Waals surface area contributed by atoms with Crippen molar-refractivity contribution in [3.63, 3.8) is 0 Å². The van der Waals surface area contributed by atoms with Gasteiger partial charge in [-0.25, -0.2) is 9.18 Å². The Bertz CT molecular complexity index is 471. The SMILES string of the molecule is COC(=O)C(C)(NC1CCCCC1)c1ccccc1F. The third-order valence-electron chi connectivity index (χ3n) is 4.10. The van der Waals surface area contributed by atoms with Crippen LogP contribution >= 0.6 is 0 Å². The molecule has 0 aromatic heterocycles. The van der Waals surface area contributed by atoms with Gasteiger partial charge in [-0.1, -0.05) is 37.5 Å². The Balaban J connectivity index is 2.30. The number of hydrogen-bond acceptors (Lipinski definition) is 3. The highest BCUT2D eigenvalue weighted by Crippen LogP contribution is 2.28. The van der Waals surface area contributed by atoms with Crippen LogP contribution in [0.15, 0.2) is 24.3 Å². The number of methoxy groups -OCH3 is 1. The maximum Gasteiger partial charge on any atom is 0.330 e. The second kappa shape index (κ2) is 6.35. The number of nitrogens with one attached hydrogen (secondary N) is 1. The molecule has 0 spiro atoms. The van der Waals surface area contributed by atoms with E-state index in [2.05, 4.69) is 5.32 Å². The molecule has 1 N–H and O–H groups in total. The molecule has 0 radical (unpaired) electrons. The second-order valence-electron chi connectivity index (χ2n) is 5.58. The van der Waals surface area contributed by atoms with Gasteiger partial charge in [0, 0.05) is 11.6 Å². The van der Waals surface area contributed by atoms with Gasteiger partial charge in [-0.3, -0.25) is 5.32 Å². The Kier molecular flexibility index (Phi) is 4.76. The molecule has 20 heavy (non-hydrogen) atoms. The van der Waals surface area contributed by atoms with Crippen LogP contribution in [0.5, 0.6) is 0 Å². The molecule has 1 unspecified atom stereocenters. The lowest BCUT2D eigenvalue weighted by atomic mass is 9.87. The number of rotatable bonds is 4. The number of benzene rings is 1. The van der Waals surface area contributed by atoms with E-state index < -0.39 is 11.5 Å². The number of halogens is 1. The van der Waals surface area contributed by atoms with E-state index in [4.69, 9.17) is 4.74 Å². The van der Waals surface area contributed by atoms with Crippen molar-refractivity contribution in [2.45, 2.75) is 50.6 Å². The molecular formula is C16H22FNO2. The van der Waals surface area contributed by atoms with E-state index in [0.717, 1.165) is 25.7 Å². The molecule has 1 saturated carbocycles. The summed E-state index contributed by atoms with van der Waals surface area (Å²) in [6.07, 6.45) is 5.55. The number of esters is 1. The first kappa shape index (κ1) is 15.0. The van der Waals surface area contributed by atoms with Crippen molar-refractivity contribution in [1.29, 1.82) is 0 Å². The summed E-state index contributed by atoms with van der Waals surface area (Å²) in [6, 6.07) is 6.60. The van der Waals surface area contributed by atoms with E-state index in [0.29, 0.717) is 5.56 Å². The lowest BCUT2D eigenvalue weighted by Gasteiger charge is -2.35. The lowest BCUT2D eigenvalue weighted by Crippen LogP contribution is -2.52. The Morgan fingerprint density at radius 3 is 2.55 bits per heavy atom. The summed E-state index contributed by atoms with van der Waals surface area (Å²) in [5.41, 5.74) is -0.792. The average molecular weight is 279 g/mol. The number of hydrogen-bond donors (Lipinski definition) is 1. The summed E-state index contributed by atoms with van der Waals surface area (Å²) < 4.78 is 19.0. The minimum Gasteiger partial charge on any atom is -0.467 e. The van der Waals surface area contributed by atoms with Gasteiger partial charge in [0.1, 0.15) is 11.4 Å².